The summed E-state index contributed by atoms with van der Waals surface area (Å²) in [5.74, 6) is 0. The van der Waals surface area contributed by atoms with Gasteiger partial charge in [0.15, 0.2) is 0 Å². The quantitative estimate of drug-likeness (QED) is 0.825. The van der Waals surface area contributed by atoms with Crippen LogP contribution in [0.15, 0.2) is 11.6 Å². The highest BCUT2D eigenvalue weighted by Crippen LogP contribution is 2.29. The second-order valence-corrected chi connectivity index (χ2v) is 5.64. The second-order valence-electron chi connectivity index (χ2n) is 4.66. The summed E-state index contributed by atoms with van der Waals surface area (Å²) in [6, 6.07) is 0. The molecule has 1 unspecified atom stereocenters. The zero-order valence-corrected chi connectivity index (χ0v) is 10.8. The Morgan fingerprint density at radius 2 is 2.56 bits per heavy atom. The topological polar surface area (TPSA) is 37.0 Å². The molecule has 4 heteroatoms. The van der Waals surface area contributed by atoms with Gasteiger partial charge in [-0.1, -0.05) is 6.92 Å². The number of hydrogen-bond donors (Lipinski definition) is 2. The highest BCUT2D eigenvalue weighted by atomic mass is 32.1. The van der Waals surface area contributed by atoms with Gasteiger partial charge in [0.2, 0.25) is 0 Å². The van der Waals surface area contributed by atoms with Crippen LogP contribution < -0.4 is 10.6 Å². The molecule has 0 spiro atoms. The molecular weight excluding hydrogens is 218 g/mol. The summed E-state index contributed by atoms with van der Waals surface area (Å²) in [6.45, 7) is 6.68. The van der Waals surface area contributed by atoms with E-state index in [2.05, 4.69) is 22.5 Å². The number of nitrogens with one attached hydrogen (secondary N) is 2. The van der Waals surface area contributed by atoms with E-state index >= 15 is 0 Å². The Balaban J connectivity index is 1.78. The maximum Gasteiger partial charge on any atom is 0.106 e. The Morgan fingerprint density at radius 3 is 3.19 bits per heavy atom. The van der Waals surface area contributed by atoms with Gasteiger partial charge in [-0.05, 0) is 31.2 Å². The molecule has 1 saturated heterocycles. The molecule has 2 rings (SSSR count). The van der Waals surface area contributed by atoms with Gasteiger partial charge in [-0.15, -0.1) is 11.3 Å². The summed E-state index contributed by atoms with van der Waals surface area (Å²) in [4.78, 5) is 4.29. The number of piperidine rings is 1. The lowest BCUT2D eigenvalue weighted by molar-refractivity contribution is 0.192. The van der Waals surface area contributed by atoms with Crippen LogP contribution in [0.4, 0.5) is 0 Å². The number of rotatable bonds is 5. The Hall–Kier alpha value is -0.450. The molecular formula is C12H21N3S. The molecule has 1 fully saturated rings. The normalized spacial score (nSPS) is 25.8. The van der Waals surface area contributed by atoms with Gasteiger partial charge in [0.25, 0.3) is 0 Å². The fourth-order valence-corrected chi connectivity index (χ4v) is 2.97. The molecule has 1 aliphatic heterocycles. The van der Waals surface area contributed by atoms with Gasteiger partial charge in [0.05, 0.1) is 0 Å². The average Bonchev–Trinajstić information content (AvgIpc) is 2.83. The van der Waals surface area contributed by atoms with Crippen molar-refractivity contribution in [3.63, 3.8) is 0 Å². The number of thiazole rings is 1. The van der Waals surface area contributed by atoms with Crippen LogP contribution in [0, 0.1) is 5.41 Å². The third-order valence-corrected chi connectivity index (χ3v) is 4.35. The first-order valence-corrected chi connectivity index (χ1v) is 7.02. The summed E-state index contributed by atoms with van der Waals surface area (Å²) in [5, 5.41) is 10.3. The molecule has 0 amide bonds. The Kier molecular flexibility index (Phi) is 4.32. The molecule has 1 atom stereocenters. The smallest absolute Gasteiger partial charge is 0.106 e. The number of aromatic nitrogens is 1. The first-order chi connectivity index (χ1) is 7.85. The molecule has 0 aliphatic carbocycles. The largest absolute Gasteiger partial charge is 0.316 e. The predicted octanol–water partition coefficient (Wildman–Crippen LogP) is 2.01. The van der Waals surface area contributed by atoms with Crippen molar-refractivity contribution in [3.8, 4) is 0 Å². The molecule has 3 nitrogen and oxygen atoms in total. The molecule has 2 N–H and O–H groups in total. The van der Waals surface area contributed by atoms with Crippen LogP contribution in [-0.4, -0.2) is 24.6 Å². The van der Waals surface area contributed by atoms with Crippen molar-refractivity contribution in [2.45, 2.75) is 32.7 Å². The summed E-state index contributed by atoms with van der Waals surface area (Å²) >= 11 is 1.73. The van der Waals surface area contributed by atoms with E-state index in [-0.39, 0.29) is 0 Å². The van der Waals surface area contributed by atoms with Crippen molar-refractivity contribution in [2.24, 2.45) is 5.41 Å². The van der Waals surface area contributed by atoms with Crippen LogP contribution in [0.25, 0.3) is 0 Å². The monoisotopic (exact) mass is 239 g/mol. The summed E-state index contributed by atoms with van der Waals surface area (Å²) in [6.07, 6.45) is 5.79. The van der Waals surface area contributed by atoms with E-state index in [9.17, 15) is 0 Å². The van der Waals surface area contributed by atoms with Crippen molar-refractivity contribution < 1.29 is 0 Å². The molecule has 1 aromatic rings. The number of hydrogen-bond acceptors (Lipinski definition) is 4. The minimum Gasteiger partial charge on any atom is -0.316 e. The second kappa shape index (κ2) is 5.75. The van der Waals surface area contributed by atoms with Crippen LogP contribution in [0.5, 0.6) is 0 Å². The van der Waals surface area contributed by atoms with Gasteiger partial charge in [0.1, 0.15) is 5.01 Å². The Bertz CT molecular complexity index is 291. The van der Waals surface area contributed by atoms with Crippen LogP contribution in [0.3, 0.4) is 0 Å². The minimum atomic E-state index is 0.468. The van der Waals surface area contributed by atoms with Gasteiger partial charge < -0.3 is 10.6 Å². The van der Waals surface area contributed by atoms with E-state index < -0.39 is 0 Å². The van der Waals surface area contributed by atoms with Gasteiger partial charge in [-0.2, -0.15) is 0 Å². The minimum absolute atomic E-state index is 0.468. The van der Waals surface area contributed by atoms with Crippen LogP contribution in [-0.2, 0) is 6.54 Å². The maximum absolute atomic E-state index is 4.29. The number of nitrogens with zero attached hydrogens (tertiary/aromatic N) is 1. The molecule has 0 bridgehead atoms. The summed E-state index contributed by atoms with van der Waals surface area (Å²) < 4.78 is 0. The zero-order valence-electron chi connectivity index (χ0n) is 9.96. The standard InChI is InChI=1S/C12H21N3S/c1-2-12(4-3-5-13-9-12)10-14-8-11-15-6-7-16-11/h6-7,13-14H,2-5,8-10H2,1H3. The first-order valence-electron chi connectivity index (χ1n) is 6.14. The van der Waals surface area contributed by atoms with Crippen molar-refractivity contribution in [3.05, 3.63) is 16.6 Å². The van der Waals surface area contributed by atoms with Crippen molar-refractivity contribution in [1.29, 1.82) is 0 Å². The Labute approximate surface area is 102 Å². The SMILES string of the molecule is CCC1(CNCc2nccs2)CCCNC1. The highest BCUT2D eigenvalue weighted by Gasteiger charge is 2.29. The molecule has 0 saturated carbocycles. The highest BCUT2D eigenvalue weighted by molar-refractivity contribution is 7.09. The van der Waals surface area contributed by atoms with E-state index in [4.69, 9.17) is 0 Å². The summed E-state index contributed by atoms with van der Waals surface area (Å²) in [5.41, 5.74) is 0.468. The fraction of sp³-hybridized carbons (Fsp3) is 0.750. The van der Waals surface area contributed by atoms with Crippen LogP contribution in [0.1, 0.15) is 31.2 Å². The molecule has 1 aromatic heterocycles. The van der Waals surface area contributed by atoms with Crippen molar-refractivity contribution >= 4 is 11.3 Å². The fourth-order valence-electron chi connectivity index (χ4n) is 2.38. The predicted molar refractivity (Wildman–Crippen MR) is 68.6 cm³/mol. The van der Waals surface area contributed by atoms with E-state index in [0.717, 1.165) is 19.6 Å². The van der Waals surface area contributed by atoms with E-state index in [1.807, 2.05) is 11.6 Å². The summed E-state index contributed by atoms with van der Waals surface area (Å²) in [7, 11) is 0. The first kappa shape index (κ1) is 12.0. The molecule has 0 radical (unpaired) electrons. The maximum atomic E-state index is 4.29. The zero-order chi connectivity index (χ0) is 11.3. The molecule has 0 aromatic carbocycles. The van der Waals surface area contributed by atoms with E-state index in [1.165, 1.54) is 30.8 Å². The lowest BCUT2D eigenvalue weighted by Gasteiger charge is -2.37. The molecule has 16 heavy (non-hydrogen) atoms. The van der Waals surface area contributed by atoms with Crippen LogP contribution >= 0.6 is 11.3 Å². The van der Waals surface area contributed by atoms with Crippen molar-refractivity contribution in [2.75, 3.05) is 19.6 Å². The van der Waals surface area contributed by atoms with E-state index in [1.54, 1.807) is 11.3 Å². The van der Waals surface area contributed by atoms with Gasteiger partial charge in [-0.25, -0.2) is 4.98 Å². The Morgan fingerprint density at radius 1 is 1.62 bits per heavy atom. The molecule has 1 aliphatic rings. The average molecular weight is 239 g/mol. The van der Waals surface area contributed by atoms with E-state index in [0.29, 0.717) is 5.41 Å². The van der Waals surface area contributed by atoms with Gasteiger partial charge in [-0.3, -0.25) is 0 Å². The lowest BCUT2D eigenvalue weighted by Crippen LogP contribution is -2.45. The third kappa shape index (κ3) is 3.03. The van der Waals surface area contributed by atoms with Gasteiger partial charge >= 0.3 is 0 Å². The third-order valence-electron chi connectivity index (χ3n) is 3.57. The lowest BCUT2D eigenvalue weighted by atomic mass is 9.78. The van der Waals surface area contributed by atoms with Gasteiger partial charge in [0, 0.05) is 31.2 Å². The van der Waals surface area contributed by atoms with Crippen molar-refractivity contribution in [1.82, 2.24) is 15.6 Å². The molecule has 90 valence electrons. The van der Waals surface area contributed by atoms with Crippen LogP contribution in [0.2, 0.25) is 0 Å². The molecule has 2 heterocycles.